The summed E-state index contributed by atoms with van der Waals surface area (Å²) in [5, 5.41) is 0. The normalized spacial score (nSPS) is 10.8. The maximum absolute atomic E-state index is 5.71. The van der Waals surface area contributed by atoms with Gasteiger partial charge in [-0.25, -0.2) is 4.98 Å². The molecule has 0 fully saturated rings. The van der Waals surface area contributed by atoms with Crippen LogP contribution in [0.25, 0.3) is 0 Å². The van der Waals surface area contributed by atoms with Crippen LogP contribution in [0.1, 0.15) is 37.8 Å². The minimum absolute atomic E-state index is 0.492. The standard InChI is InChI=1S/C20H27NO2/c1-4-17(5-2)14-18-7-9-19(10-8-18)22-12-13-23-20-11-6-16(3)15-21-20/h6-11,15,17H,4-5,12-14H2,1-3H3. The number of pyridine rings is 1. The molecule has 124 valence electrons. The highest BCUT2D eigenvalue weighted by Gasteiger charge is 2.05. The van der Waals surface area contributed by atoms with Crippen molar-refractivity contribution in [3.63, 3.8) is 0 Å². The Kier molecular flexibility index (Phi) is 6.92. The van der Waals surface area contributed by atoms with Crippen LogP contribution < -0.4 is 9.47 Å². The summed E-state index contributed by atoms with van der Waals surface area (Å²) < 4.78 is 11.3. The third kappa shape index (κ3) is 5.93. The lowest BCUT2D eigenvalue weighted by molar-refractivity contribution is 0.212. The summed E-state index contributed by atoms with van der Waals surface area (Å²) >= 11 is 0. The number of rotatable bonds is 9. The number of benzene rings is 1. The van der Waals surface area contributed by atoms with E-state index < -0.39 is 0 Å². The Hall–Kier alpha value is -2.03. The zero-order chi connectivity index (χ0) is 16.5. The Balaban J connectivity index is 1.72. The molecular formula is C20H27NO2. The first-order valence-corrected chi connectivity index (χ1v) is 8.48. The highest BCUT2D eigenvalue weighted by Crippen LogP contribution is 2.18. The molecule has 3 heteroatoms. The van der Waals surface area contributed by atoms with Crippen molar-refractivity contribution < 1.29 is 9.47 Å². The maximum Gasteiger partial charge on any atom is 0.213 e. The van der Waals surface area contributed by atoms with E-state index in [2.05, 4.69) is 31.0 Å². The van der Waals surface area contributed by atoms with Gasteiger partial charge < -0.3 is 9.47 Å². The van der Waals surface area contributed by atoms with E-state index >= 15 is 0 Å². The quantitative estimate of drug-likeness (QED) is 0.622. The van der Waals surface area contributed by atoms with Crippen LogP contribution in [0.4, 0.5) is 0 Å². The highest BCUT2D eigenvalue weighted by molar-refractivity contribution is 5.27. The summed E-state index contributed by atoms with van der Waals surface area (Å²) in [5.41, 5.74) is 2.51. The van der Waals surface area contributed by atoms with Crippen molar-refractivity contribution in [2.75, 3.05) is 13.2 Å². The van der Waals surface area contributed by atoms with Crippen molar-refractivity contribution in [3.8, 4) is 11.6 Å². The first-order valence-electron chi connectivity index (χ1n) is 8.48. The van der Waals surface area contributed by atoms with Crippen LogP contribution in [-0.4, -0.2) is 18.2 Å². The summed E-state index contributed by atoms with van der Waals surface area (Å²) in [6, 6.07) is 12.3. The Morgan fingerprint density at radius 1 is 0.913 bits per heavy atom. The summed E-state index contributed by atoms with van der Waals surface area (Å²) in [6.07, 6.45) is 5.42. The number of aromatic nitrogens is 1. The van der Waals surface area contributed by atoms with Crippen molar-refractivity contribution in [1.82, 2.24) is 4.98 Å². The van der Waals surface area contributed by atoms with Gasteiger partial charge in [-0.3, -0.25) is 0 Å². The van der Waals surface area contributed by atoms with Crippen molar-refractivity contribution in [3.05, 3.63) is 53.7 Å². The van der Waals surface area contributed by atoms with E-state index in [1.807, 2.05) is 31.2 Å². The minimum atomic E-state index is 0.492. The largest absolute Gasteiger partial charge is 0.490 e. The third-order valence-electron chi connectivity index (χ3n) is 4.09. The van der Waals surface area contributed by atoms with Gasteiger partial charge >= 0.3 is 0 Å². The van der Waals surface area contributed by atoms with Crippen molar-refractivity contribution >= 4 is 0 Å². The third-order valence-corrected chi connectivity index (χ3v) is 4.09. The smallest absolute Gasteiger partial charge is 0.213 e. The van der Waals surface area contributed by atoms with Gasteiger partial charge in [-0.15, -0.1) is 0 Å². The van der Waals surface area contributed by atoms with E-state index in [1.54, 1.807) is 6.20 Å². The first kappa shape index (κ1) is 17.3. The van der Waals surface area contributed by atoms with Crippen LogP contribution in [0.15, 0.2) is 42.6 Å². The average molecular weight is 313 g/mol. The van der Waals surface area contributed by atoms with Crippen LogP contribution in [-0.2, 0) is 6.42 Å². The molecular weight excluding hydrogens is 286 g/mol. The molecule has 0 saturated carbocycles. The Morgan fingerprint density at radius 3 is 2.22 bits per heavy atom. The van der Waals surface area contributed by atoms with Gasteiger partial charge in [0.05, 0.1) is 0 Å². The molecule has 2 aromatic rings. The van der Waals surface area contributed by atoms with Crippen LogP contribution in [0.2, 0.25) is 0 Å². The van der Waals surface area contributed by atoms with Gasteiger partial charge in [0.25, 0.3) is 0 Å². The molecule has 3 nitrogen and oxygen atoms in total. The van der Waals surface area contributed by atoms with Crippen LogP contribution in [0.5, 0.6) is 11.6 Å². The summed E-state index contributed by atoms with van der Waals surface area (Å²) in [7, 11) is 0. The second-order valence-corrected chi connectivity index (χ2v) is 5.90. The summed E-state index contributed by atoms with van der Waals surface area (Å²) in [6.45, 7) is 7.53. The molecule has 1 heterocycles. The second-order valence-electron chi connectivity index (χ2n) is 5.90. The number of hydrogen-bond donors (Lipinski definition) is 0. The molecule has 0 amide bonds. The number of ether oxygens (including phenoxy) is 2. The molecule has 0 bridgehead atoms. The molecule has 23 heavy (non-hydrogen) atoms. The van der Waals surface area contributed by atoms with Crippen molar-refractivity contribution in [1.29, 1.82) is 0 Å². The predicted octanol–water partition coefficient (Wildman–Crippen LogP) is 4.83. The van der Waals surface area contributed by atoms with E-state index in [0.717, 1.165) is 23.7 Å². The van der Waals surface area contributed by atoms with Crippen molar-refractivity contribution in [2.24, 2.45) is 5.92 Å². The molecule has 2 rings (SSSR count). The lowest BCUT2D eigenvalue weighted by atomic mass is 9.95. The lowest BCUT2D eigenvalue weighted by Crippen LogP contribution is -2.09. The van der Waals surface area contributed by atoms with Gasteiger partial charge in [-0.1, -0.05) is 44.9 Å². The maximum atomic E-state index is 5.71. The van der Waals surface area contributed by atoms with E-state index in [9.17, 15) is 0 Å². The Bertz CT molecular complexity index is 559. The van der Waals surface area contributed by atoms with E-state index in [4.69, 9.17) is 9.47 Å². The fourth-order valence-electron chi connectivity index (χ4n) is 2.48. The molecule has 1 aromatic carbocycles. The van der Waals surface area contributed by atoms with Gasteiger partial charge in [-0.05, 0) is 42.5 Å². The first-order chi connectivity index (χ1) is 11.2. The van der Waals surface area contributed by atoms with Gasteiger partial charge in [-0.2, -0.15) is 0 Å². The predicted molar refractivity (Wildman–Crippen MR) is 94.2 cm³/mol. The molecule has 0 aliphatic heterocycles. The molecule has 0 aliphatic rings. The monoisotopic (exact) mass is 313 g/mol. The molecule has 0 aliphatic carbocycles. The number of aryl methyl sites for hydroxylation is 1. The fourth-order valence-corrected chi connectivity index (χ4v) is 2.48. The zero-order valence-corrected chi connectivity index (χ0v) is 14.4. The number of nitrogens with zero attached hydrogens (tertiary/aromatic N) is 1. The molecule has 0 N–H and O–H groups in total. The van der Waals surface area contributed by atoms with Crippen LogP contribution in [0, 0.1) is 12.8 Å². The van der Waals surface area contributed by atoms with E-state index in [0.29, 0.717) is 19.1 Å². The van der Waals surface area contributed by atoms with Gasteiger partial charge in [0.15, 0.2) is 0 Å². The lowest BCUT2D eigenvalue weighted by Gasteiger charge is -2.13. The Labute approximate surface area is 139 Å². The average Bonchev–Trinajstić information content (AvgIpc) is 2.59. The zero-order valence-electron chi connectivity index (χ0n) is 14.4. The van der Waals surface area contributed by atoms with Gasteiger partial charge in [0, 0.05) is 12.3 Å². The van der Waals surface area contributed by atoms with Gasteiger partial charge in [0.2, 0.25) is 5.88 Å². The second kappa shape index (κ2) is 9.19. The van der Waals surface area contributed by atoms with Crippen molar-refractivity contribution in [2.45, 2.75) is 40.0 Å². The van der Waals surface area contributed by atoms with E-state index in [-0.39, 0.29) is 0 Å². The Morgan fingerprint density at radius 2 is 1.61 bits per heavy atom. The molecule has 0 spiro atoms. The minimum Gasteiger partial charge on any atom is -0.490 e. The number of hydrogen-bond acceptors (Lipinski definition) is 3. The summed E-state index contributed by atoms with van der Waals surface area (Å²) in [4.78, 5) is 4.20. The molecule has 0 radical (unpaired) electrons. The van der Waals surface area contributed by atoms with Gasteiger partial charge in [0.1, 0.15) is 19.0 Å². The SMILES string of the molecule is CCC(CC)Cc1ccc(OCCOc2ccc(C)cn2)cc1. The summed E-state index contributed by atoms with van der Waals surface area (Å²) in [5.74, 6) is 2.30. The van der Waals surface area contributed by atoms with Crippen LogP contribution >= 0.6 is 0 Å². The molecule has 0 unspecified atom stereocenters. The van der Waals surface area contributed by atoms with E-state index in [1.165, 1.54) is 18.4 Å². The molecule has 0 saturated heterocycles. The molecule has 1 aromatic heterocycles. The highest BCUT2D eigenvalue weighted by atomic mass is 16.5. The topological polar surface area (TPSA) is 31.4 Å². The van der Waals surface area contributed by atoms with Crippen LogP contribution in [0.3, 0.4) is 0 Å². The fraction of sp³-hybridized carbons (Fsp3) is 0.450. The molecule has 0 atom stereocenters.